The molecule has 0 bridgehead atoms. The van der Waals surface area contributed by atoms with E-state index in [0.29, 0.717) is 15.0 Å². The molecule has 0 fully saturated rings. The predicted molar refractivity (Wildman–Crippen MR) is 76.4 cm³/mol. The molecule has 1 aromatic rings. The molecule has 0 radical (unpaired) electrons. The molecule has 1 aliphatic heterocycles. The van der Waals surface area contributed by atoms with Gasteiger partial charge in [0.25, 0.3) is 0 Å². The fourth-order valence-corrected chi connectivity index (χ4v) is 5.69. The Balaban J connectivity index is 2.28. The fraction of sp³-hybridized carbons (Fsp3) is 0.385. The van der Waals surface area contributed by atoms with Crippen molar-refractivity contribution in [2.75, 3.05) is 0 Å². The van der Waals surface area contributed by atoms with Gasteiger partial charge in [-0.1, -0.05) is 0 Å². The van der Waals surface area contributed by atoms with Gasteiger partial charge in [0.05, 0.1) is 0 Å². The topological polar surface area (TPSA) is 0 Å². The van der Waals surface area contributed by atoms with Gasteiger partial charge < -0.3 is 0 Å². The maximum absolute atomic E-state index is 2.55. The van der Waals surface area contributed by atoms with Crippen molar-refractivity contribution in [3.63, 3.8) is 0 Å². The van der Waals surface area contributed by atoms with Crippen LogP contribution in [0.2, 0.25) is 0 Å². The van der Waals surface area contributed by atoms with Crippen molar-refractivity contribution in [1.82, 2.24) is 0 Å². The summed E-state index contributed by atoms with van der Waals surface area (Å²) in [5.41, 5.74) is 3.06. The molecule has 0 spiro atoms. The zero-order chi connectivity index (χ0) is 10.7. The average molecular weight is 377 g/mol. The van der Waals surface area contributed by atoms with Gasteiger partial charge in [-0.05, 0) is 0 Å². The van der Waals surface area contributed by atoms with Crippen LogP contribution in [0.5, 0.6) is 0 Å². The standard InChI is InChI=1S/C13H15ISe/c1-2-3-8-12-13(14)11-7-5-4-6-10(11)9-15-12/h4-7H,2-3,8-9H2,1H3. The number of halogens is 1. The summed E-state index contributed by atoms with van der Waals surface area (Å²) in [6, 6.07) is 8.88. The third-order valence-corrected chi connectivity index (χ3v) is 7.26. The molecule has 0 aromatic heterocycles. The summed E-state index contributed by atoms with van der Waals surface area (Å²) in [6.45, 7) is 2.27. The number of fused-ring (bicyclic) bond motifs is 1. The van der Waals surface area contributed by atoms with Crippen molar-refractivity contribution in [3.05, 3.63) is 39.9 Å². The zero-order valence-electron chi connectivity index (χ0n) is 8.92. The van der Waals surface area contributed by atoms with Crippen LogP contribution in [0, 0.1) is 0 Å². The van der Waals surface area contributed by atoms with Gasteiger partial charge in [0, 0.05) is 0 Å². The number of hydrogen-bond donors (Lipinski definition) is 0. The monoisotopic (exact) mass is 378 g/mol. The molecule has 1 aromatic carbocycles. The van der Waals surface area contributed by atoms with Crippen LogP contribution in [0.1, 0.15) is 37.3 Å². The minimum atomic E-state index is 0.708. The summed E-state index contributed by atoms with van der Waals surface area (Å²) in [4.78, 5) is 0. The number of allylic oxidation sites excluding steroid dienone is 1. The fourth-order valence-electron chi connectivity index (χ4n) is 1.76. The number of benzene rings is 1. The van der Waals surface area contributed by atoms with Crippen LogP contribution in [0.25, 0.3) is 3.58 Å². The molecule has 1 heterocycles. The van der Waals surface area contributed by atoms with Gasteiger partial charge in [0.2, 0.25) is 0 Å². The van der Waals surface area contributed by atoms with Crippen LogP contribution in [-0.2, 0) is 5.32 Å². The molecule has 2 rings (SSSR count). The van der Waals surface area contributed by atoms with Gasteiger partial charge in [-0.2, -0.15) is 0 Å². The van der Waals surface area contributed by atoms with Crippen molar-refractivity contribution in [3.8, 4) is 0 Å². The second-order valence-corrected chi connectivity index (χ2v) is 7.11. The SMILES string of the molecule is CCCCC1=C(I)c2ccccc2C[Se]1. The first-order valence-corrected chi connectivity index (χ1v) is 8.57. The Morgan fingerprint density at radius 2 is 2.13 bits per heavy atom. The first kappa shape index (κ1) is 11.7. The van der Waals surface area contributed by atoms with Crippen molar-refractivity contribution in [2.45, 2.75) is 31.5 Å². The third-order valence-electron chi connectivity index (χ3n) is 2.66. The van der Waals surface area contributed by atoms with Crippen LogP contribution in [0.15, 0.2) is 28.7 Å². The normalized spacial score (nSPS) is 15.3. The Hall–Kier alpha value is 0.209. The Bertz CT molecular complexity index is 382. The van der Waals surface area contributed by atoms with Gasteiger partial charge in [-0.25, -0.2) is 0 Å². The van der Waals surface area contributed by atoms with E-state index >= 15 is 0 Å². The van der Waals surface area contributed by atoms with Gasteiger partial charge in [0.1, 0.15) is 0 Å². The zero-order valence-corrected chi connectivity index (χ0v) is 12.8. The van der Waals surface area contributed by atoms with Gasteiger partial charge in [-0.3, -0.25) is 0 Å². The van der Waals surface area contributed by atoms with Gasteiger partial charge >= 0.3 is 112 Å². The van der Waals surface area contributed by atoms with E-state index in [-0.39, 0.29) is 0 Å². The minimum absolute atomic E-state index is 0.708. The molecule has 15 heavy (non-hydrogen) atoms. The van der Waals surface area contributed by atoms with Crippen molar-refractivity contribution in [1.29, 1.82) is 0 Å². The van der Waals surface area contributed by atoms with Crippen LogP contribution in [-0.4, -0.2) is 15.0 Å². The predicted octanol–water partition coefficient (Wildman–Crippen LogP) is 4.20. The summed E-state index contributed by atoms with van der Waals surface area (Å²) < 4.78 is 3.28. The number of hydrogen-bond acceptors (Lipinski definition) is 0. The maximum atomic E-state index is 2.55. The van der Waals surface area contributed by atoms with Crippen LogP contribution < -0.4 is 0 Å². The van der Waals surface area contributed by atoms with Crippen molar-refractivity contribution >= 4 is 41.1 Å². The molecule has 80 valence electrons. The van der Waals surface area contributed by atoms with Crippen LogP contribution >= 0.6 is 22.6 Å². The van der Waals surface area contributed by atoms with Gasteiger partial charge in [-0.15, -0.1) is 0 Å². The number of unbranched alkanes of at least 4 members (excludes halogenated alkanes) is 1. The van der Waals surface area contributed by atoms with Crippen molar-refractivity contribution < 1.29 is 0 Å². The molecular weight excluding hydrogens is 362 g/mol. The van der Waals surface area contributed by atoms with E-state index in [4.69, 9.17) is 0 Å². The second-order valence-electron chi connectivity index (χ2n) is 3.79. The summed E-state index contributed by atoms with van der Waals surface area (Å²) in [7, 11) is 0. The summed E-state index contributed by atoms with van der Waals surface area (Å²) in [6.07, 6.45) is 3.99. The summed E-state index contributed by atoms with van der Waals surface area (Å²) >= 11 is 3.25. The Morgan fingerprint density at radius 3 is 2.93 bits per heavy atom. The second kappa shape index (κ2) is 5.51. The van der Waals surface area contributed by atoms with E-state index in [1.807, 2.05) is 0 Å². The van der Waals surface area contributed by atoms with Crippen molar-refractivity contribution in [2.24, 2.45) is 0 Å². The molecule has 0 saturated heterocycles. The summed E-state index contributed by atoms with van der Waals surface area (Å²) in [5.74, 6) is 0. The average Bonchev–Trinajstić information content (AvgIpc) is 2.29. The van der Waals surface area contributed by atoms with E-state index in [9.17, 15) is 0 Å². The molecule has 0 nitrogen and oxygen atoms in total. The first-order chi connectivity index (χ1) is 7.33. The molecule has 0 saturated carbocycles. The van der Waals surface area contributed by atoms with E-state index in [1.54, 1.807) is 13.6 Å². The molecule has 0 amide bonds. The number of rotatable bonds is 3. The van der Waals surface area contributed by atoms with E-state index in [1.165, 1.54) is 30.1 Å². The van der Waals surface area contributed by atoms with E-state index in [0.717, 1.165) is 0 Å². The van der Waals surface area contributed by atoms with E-state index < -0.39 is 0 Å². The van der Waals surface area contributed by atoms with E-state index in [2.05, 4.69) is 53.8 Å². The molecule has 0 unspecified atom stereocenters. The molecule has 2 heteroatoms. The Labute approximate surface area is 112 Å². The van der Waals surface area contributed by atoms with Crippen LogP contribution in [0.4, 0.5) is 0 Å². The molecule has 1 aliphatic rings. The van der Waals surface area contributed by atoms with Gasteiger partial charge in [0.15, 0.2) is 0 Å². The Morgan fingerprint density at radius 1 is 1.33 bits per heavy atom. The molecule has 0 aliphatic carbocycles. The molecule has 0 N–H and O–H groups in total. The molecular formula is C13H15ISe. The quantitative estimate of drug-likeness (QED) is 0.547. The first-order valence-electron chi connectivity index (χ1n) is 5.42. The van der Waals surface area contributed by atoms with Crippen LogP contribution in [0.3, 0.4) is 0 Å². The Kier molecular flexibility index (Phi) is 4.29. The molecule has 0 atom stereocenters. The summed E-state index contributed by atoms with van der Waals surface area (Å²) in [5, 5.41) is 1.30. The third kappa shape index (κ3) is 2.66.